The van der Waals surface area contributed by atoms with Crippen LogP contribution in [0.2, 0.25) is 0 Å². The number of aromatic hydroxyl groups is 2. The van der Waals surface area contributed by atoms with E-state index in [1.54, 1.807) is 64.1 Å². The lowest BCUT2D eigenvalue weighted by Crippen LogP contribution is -2.53. The van der Waals surface area contributed by atoms with Crippen LogP contribution in [-0.2, 0) is 20.7 Å². The molecule has 0 bridgehead atoms. The van der Waals surface area contributed by atoms with Crippen LogP contribution >= 0.6 is 0 Å². The van der Waals surface area contributed by atoms with Gasteiger partial charge in [0.05, 0.1) is 0 Å². The molecular weight excluding hydrogens is 546 g/mol. The molecule has 9 nitrogen and oxygen atoms in total. The molecule has 2 atom stereocenters. The molecule has 2 unspecified atom stereocenters. The minimum atomic E-state index is -1.23. The van der Waals surface area contributed by atoms with Crippen molar-refractivity contribution in [1.29, 1.82) is 0 Å². The molecule has 43 heavy (non-hydrogen) atoms. The van der Waals surface area contributed by atoms with Gasteiger partial charge in [0.25, 0.3) is 5.91 Å². The Hall–Kier alpha value is -5.05. The molecule has 0 aromatic heterocycles. The number of para-hydroxylation sites is 1. The van der Waals surface area contributed by atoms with E-state index in [9.17, 15) is 24.6 Å². The highest BCUT2D eigenvalue weighted by Crippen LogP contribution is 2.31. The van der Waals surface area contributed by atoms with E-state index in [2.05, 4.69) is 10.6 Å². The number of carbonyl (C=O) groups is 3. The Morgan fingerprint density at radius 1 is 0.860 bits per heavy atom. The number of phenolic OH excluding ortho intramolecular Hbond substituents is 2. The summed E-state index contributed by atoms with van der Waals surface area (Å²) in [5, 5.41) is 28.1. The molecule has 0 saturated heterocycles. The Morgan fingerprint density at radius 3 is 2.16 bits per heavy atom. The van der Waals surface area contributed by atoms with Gasteiger partial charge in [-0.3, -0.25) is 9.59 Å². The van der Waals surface area contributed by atoms with E-state index in [-0.39, 0.29) is 30.0 Å². The van der Waals surface area contributed by atoms with Gasteiger partial charge in [-0.2, -0.15) is 0 Å². The zero-order valence-electron chi connectivity index (χ0n) is 24.7. The second-order valence-corrected chi connectivity index (χ2v) is 11.2. The lowest BCUT2D eigenvalue weighted by Gasteiger charge is -2.34. The number of likely N-dealkylation sites (N-methyl/N-ethyl adjacent to an activating group) is 1. The topological polar surface area (TPSA) is 128 Å². The van der Waals surface area contributed by atoms with Crippen LogP contribution in [-0.4, -0.2) is 51.2 Å². The van der Waals surface area contributed by atoms with Crippen molar-refractivity contribution in [2.24, 2.45) is 0 Å². The molecule has 0 aliphatic rings. The highest BCUT2D eigenvalue weighted by atomic mass is 16.6. The number of amides is 3. The number of benzene rings is 4. The SMILES string of the molecule is CCN(C(=O)C(Cc1ccc(O)cc1)NC(=O)OC(C)(C)C)C(C(=O)Nc1ccc2ccccc2c1)c1ccccc1O. The normalized spacial score (nSPS) is 12.7. The van der Waals surface area contributed by atoms with E-state index >= 15 is 0 Å². The fraction of sp³-hybridized carbons (Fsp3) is 0.265. The third-order valence-electron chi connectivity index (χ3n) is 6.80. The maximum absolute atomic E-state index is 14.2. The highest BCUT2D eigenvalue weighted by Gasteiger charge is 2.37. The van der Waals surface area contributed by atoms with Crippen LogP contribution in [0.15, 0.2) is 91.0 Å². The summed E-state index contributed by atoms with van der Waals surface area (Å²) in [6.45, 7) is 6.96. The third-order valence-corrected chi connectivity index (χ3v) is 6.80. The Kier molecular flexibility index (Phi) is 9.55. The van der Waals surface area contributed by atoms with Gasteiger partial charge in [-0.25, -0.2) is 4.79 Å². The van der Waals surface area contributed by atoms with Gasteiger partial charge in [0.15, 0.2) is 0 Å². The summed E-state index contributed by atoms with van der Waals surface area (Å²) in [4.78, 5) is 42.4. The smallest absolute Gasteiger partial charge is 0.408 e. The Bertz CT molecular complexity index is 1600. The van der Waals surface area contributed by atoms with E-state index in [4.69, 9.17) is 4.74 Å². The van der Waals surface area contributed by atoms with Gasteiger partial charge in [0.2, 0.25) is 5.91 Å². The lowest BCUT2D eigenvalue weighted by atomic mass is 9.99. The molecule has 224 valence electrons. The standard InChI is InChI=1S/C34H37N3O6/c1-5-37(32(41)28(36-33(42)43-34(2,3)4)20-22-14-18-26(38)19-15-22)30(27-12-8-9-13-29(27)39)31(40)35-25-17-16-23-10-6-7-11-24(23)21-25/h6-19,21,28,30,38-39H,5,20H2,1-4H3,(H,35,40)(H,36,42). The second-order valence-electron chi connectivity index (χ2n) is 11.2. The van der Waals surface area contributed by atoms with Crippen LogP contribution in [0.5, 0.6) is 11.5 Å². The summed E-state index contributed by atoms with van der Waals surface area (Å²) in [5.41, 5.74) is 0.624. The van der Waals surface area contributed by atoms with Crippen LogP contribution in [0.1, 0.15) is 44.9 Å². The summed E-state index contributed by atoms with van der Waals surface area (Å²) in [7, 11) is 0. The van der Waals surface area contributed by atoms with Gasteiger partial charge in [0, 0.05) is 24.2 Å². The fourth-order valence-electron chi connectivity index (χ4n) is 4.83. The number of nitrogens with zero attached hydrogens (tertiary/aromatic N) is 1. The number of nitrogens with one attached hydrogen (secondary N) is 2. The van der Waals surface area contributed by atoms with Gasteiger partial charge in [-0.15, -0.1) is 0 Å². The first-order chi connectivity index (χ1) is 20.4. The molecule has 0 saturated carbocycles. The van der Waals surface area contributed by atoms with E-state index < -0.39 is 35.6 Å². The van der Waals surface area contributed by atoms with Crippen LogP contribution < -0.4 is 10.6 Å². The predicted molar refractivity (Wildman–Crippen MR) is 166 cm³/mol. The van der Waals surface area contributed by atoms with Crippen molar-refractivity contribution in [1.82, 2.24) is 10.2 Å². The maximum atomic E-state index is 14.2. The van der Waals surface area contributed by atoms with Crippen molar-refractivity contribution in [2.75, 3.05) is 11.9 Å². The molecule has 4 N–H and O–H groups in total. The molecule has 4 aromatic rings. The van der Waals surface area contributed by atoms with Gasteiger partial charge in [0.1, 0.15) is 29.2 Å². The Labute approximate surface area is 251 Å². The third kappa shape index (κ3) is 8.03. The number of anilines is 1. The molecule has 0 spiro atoms. The van der Waals surface area contributed by atoms with Crippen molar-refractivity contribution < 1.29 is 29.3 Å². The van der Waals surface area contributed by atoms with E-state index in [1.165, 1.54) is 23.1 Å². The van der Waals surface area contributed by atoms with Crippen molar-refractivity contribution in [2.45, 2.75) is 51.8 Å². The minimum Gasteiger partial charge on any atom is -0.508 e. The molecule has 0 radical (unpaired) electrons. The van der Waals surface area contributed by atoms with Crippen LogP contribution in [0.25, 0.3) is 10.8 Å². The number of fused-ring (bicyclic) bond motifs is 1. The number of ether oxygens (including phenoxy) is 1. The van der Waals surface area contributed by atoms with Gasteiger partial charge in [-0.1, -0.05) is 60.7 Å². The summed E-state index contributed by atoms with van der Waals surface area (Å²) in [5.74, 6) is -1.18. The van der Waals surface area contributed by atoms with Crippen LogP contribution in [0.4, 0.5) is 10.5 Å². The lowest BCUT2D eigenvalue weighted by molar-refractivity contribution is -0.140. The summed E-state index contributed by atoms with van der Waals surface area (Å²) < 4.78 is 5.43. The molecule has 0 fully saturated rings. The molecule has 9 heteroatoms. The van der Waals surface area contributed by atoms with Crippen molar-refractivity contribution >= 4 is 34.4 Å². The minimum absolute atomic E-state index is 0.0619. The van der Waals surface area contributed by atoms with E-state index in [1.807, 2.05) is 36.4 Å². The predicted octanol–water partition coefficient (Wildman–Crippen LogP) is 5.92. The molecular formula is C34H37N3O6. The van der Waals surface area contributed by atoms with Gasteiger partial charge < -0.3 is 30.5 Å². The number of alkyl carbamates (subject to hydrolysis) is 1. The Morgan fingerprint density at radius 2 is 1.51 bits per heavy atom. The molecule has 3 amide bonds. The van der Waals surface area contributed by atoms with Crippen molar-refractivity contribution in [3.8, 4) is 11.5 Å². The number of rotatable bonds is 9. The first-order valence-corrected chi connectivity index (χ1v) is 14.1. The highest BCUT2D eigenvalue weighted by molar-refractivity contribution is 6.00. The second kappa shape index (κ2) is 13.3. The number of phenols is 2. The van der Waals surface area contributed by atoms with Gasteiger partial charge in [-0.05, 0) is 74.4 Å². The van der Waals surface area contributed by atoms with Crippen molar-refractivity contribution in [3.05, 3.63) is 102 Å². The zero-order chi connectivity index (χ0) is 31.1. The molecule has 0 aliphatic carbocycles. The average Bonchev–Trinajstić information content (AvgIpc) is 2.96. The van der Waals surface area contributed by atoms with E-state index in [0.29, 0.717) is 11.3 Å². The van der Waals surface area contributed by atoms with Crippen LogP contribution in [0, 0.1) is 0 Å². The number of hydrogen-bond acceptors (Lipinski definition) is 6. The Balaban J connectivity index is 1.70. The first kappa shape index (κ1) is 30.9. The summed E-state index contributed by atoms with van der Waals surface area (Å²) in [6.07, 6.45) is -0.727. The quantitative estimate of drug-likeness (QED) is 0.194. The van der Waals surface area contributed by atoms with Gasteiger partial charge >= 0.3 is 6.09 Å². The largest absolute Gasteiger partial charge is 0.508 e. The molecule has 0 heterocycles. The fourth-order valence-corrected chi connectivity index (χ4v) is 4.83. The summed E-state index contributed by atoms with van der Waals surface area (Å²) >= 11 is 0. The maximum Gasteiger partial charge on any atom is 0.408 e. The molecule has 4 rings (SSSR count). The summed E-state index contributed by atoms with van der Waals surface area (Å²) in [6, 6.07) is 23.5. The number of carbonyl (C=O) groups excluding carboxylic acids is 3. The average molecular weight is 584 g/mol. The van der Waals surface area contributed by atoms with E-state index in [0.717, 1.165) is 10.8 Å². The zero-order valence-corrected chi connectivity index (χ0v) is 24.7. The molecule has 0 aliphatic heterocycles. The van der Waals surface area contributed by atoms with Crippen molar-refractivity contribution in [3.63, 3.8) is 0 Å². The number of hydrogen-bond donors (Lipinski definition) is 4. The molecule has 4 aromatic carbocycles. The first-order valence-electron chi connectivity index (χ1n) is 14.1. The van der Waals surface area contributed by atoms with Crippen LogP contribution in [0.3, 0.4) is 0 Å². The monoisotopic (exact) mass is 583 g/mol.